The Hall–Kier alpha value is -0.810. The third-order valence-corrected chi connectivity index (χ3v) is 5.05. The van der Waals surface area contributed by atoms with Crippen LogP contribution in [0.15, 0.2) is 0 Å². The van der Waals surface area contributed by atoms with E-state index in [4.69, 9.17) is 4.74 Å². The van der Waals surface area contributed by atoms with Gasteiger partial charge in [-0.1, -0.05) is 13.8 Å². The fraction of sp³-hybridized carbons (Fsp3) is 0.947. The van der Waals surface area contributed by atoms with Gasteiger partial charge in [0.1, 0.15) is 5.60 Å². The number of ether oxygens (including phenoxy) is 1. The van der Waals surface area contributed by atoms with Gasteiger partial charge in [0, 0.05) is 24.7 Å². The molecule has 2 aliphatic rings. The minimum atomic E-state index is -0.434. The Morgan fingerprint density at radius 1 is 1.21 bits per heavy atom. The highest BCUT2D eigenvalue weighted by molar-refractivity contribution is 5.69. The summed E-state index contributed by atoms with van der Waals surface area (Å²) in [6.07, 6.45) is 4.54. The van der Waals surface area contributed by atoms with Crippen molar-refractivity contribution < 1.29 is 14.6 Å². The molecule has 2 rings (SSSR count). The van der Waals surface area contributed by atoms with E-state index < -0.39 is 5.60 Å². The van der Waals surface area contributed by atoms with Crippen LogP contribution in [0.4, 0.5) is 4.79 Å². The van der Waals surface area contributed by atoms with Crippen LogP contribution in [0.25, 0.3) is 0 Å². The van der Waals surface area contributed by atoms with E-state index in [2.05, 4.69) is 19.2 Å². The molecule has 5 nitrogen and oxygen atoms in total. The van der Waals surface area contributed by atoms with Gasteiger partial charge in [-0.15, -0.1) is 0 Å². The van der Waals surface area contributed by atoms with Crippen molar-refractivity contribution in [2.75, 3.05) is 6.54 Å². The summed E-state index contributed by atoms with van der Waals surface area (Å²) in [4.78, 5) is 14.5. The fourth-order valence-corrected chi connectivity index (χ4v) is 4.25. The predicted octanol–water partition coefficient (Wildman–Crippen LogP) is 3.30. The van der Waals surface area contributed by atoms with Gasteiger partial charge < -0.3 is 20.1 Å². The van der Waals surface area contributed by atoms with E-state index in [-0.39, 0.29) is 17.6 Å². The van der Waals surface area contributed by atoms with E-state index in [0.29, 0.717) is 18.1 Å². The smallest absolute Gasteiger partial charge is 0.410 e. The standard InChI is InChI=1S/C19H36N2O3/c1-13(22)11-19(5,6)12-20-14-9-15-7-8-16(10-14)21(15)17(23)24-18(2,3)4/h13-16,20,22H,7-12H2,1-6H3. The normalized spacial score (nSPS) is 28.8. The van der Waals surface area contributed by atoms with Gasteiger partial charge >= 0.3 is 6.09 Å². The van der Waals surface area contributed by atoms with E-state index in [1.54, 1.807) is 0 Å². The molecule has 2 N–H and O–H groups in total. The largest absolute Gasteiger partial charge is 0.444 e. The second-order valence-corrected chi connectivity index (χ2v) is 9.54. The van der Waals surface area contributed by atoms with Crippen molar-refractivity contribution in [3.8, 4) is 0 Å². The topological polar surface area (TPSA) is 61.8 Å². The van der Waals surface area contributed by atoms with E-state index in [9.17, 15) is 9.90 Å². The minimum Gasteiger partial charge on any atom is -0.444 e. The summed E-state index contributed by atoms with van der Waals surface area (Å²) in [5, 5.41) is 13.3. The summed E-state index contributed by atoms with van der Waals surface area (Å²) in [5.41, 5.74) is -0.355. The lowest BCUT2D eigenvalue weighted by Crippen LogP contribution is -2.53. The van der Waals surface area contributed by atoms with Gasteiger partial charge in [0.25, 0.3) is 0 Å². The lowest BCUT2D eigenvalue weighted by atomic mass is 9.86. The average molecular weight is 341 g/mol. The third kappa shape index (κ3) is 5.35. The number of piperidine rings is 1. The molecule has 1 amide bonds. The molecule has 2 saturated heterocycles. The molecule has 140 valence electrons. The number of aliphatic hydroxyl groups excluding tert-OH is 1. The molecule has 3 atom stereocenters. The summed E-state index contributed by atoms with van der Waals surface area (Å²) in [7, 11) is 0. The summed E-state index contributed by atoms with van der Waals surface area (Å²) in [6, 6.07) is 1.06. The first kappa shape index (κ1) is 19.5. The average Bonchev–Trinajstić information content (AvgIpc) is 2.65. The Labute approximate surface area is 147 Å². The van der Waals surface area contributed by atoms with Gasteiger partial charge in [-0.05, 0) is 65.2 Å². The highest BCUT2D eigenvalue weighted by Crippen LogP contribution is 2.37. The Kier molecular flexibility index (Phi) is 5.86. The molecule has 24 heavy (non-hydrogen) atoms. The van der Waals surface area contributed by atoms with Crippen molar-refractivity contribution >= 4 is 6.09 Å². The lowest BCUT2D eigenvalue weighted by molar-refractivity contribution is 0.00408. The molecule has 0 aromatic carbocycles. The number of amides is 1. The van der Waals surface area contributed by atoms with Crippen LogP contribution in [0.1, 0.15) is 73.6 Å². The van der Waals surface area contributed by atoms with Gasteiger partial charge in [0.2, 0.25) is 0 Å². The SMILES string of the molecule is CC(O)CC(C)(C)CNC1CC2CCC(C1)N2C(=O)OC(C)(C)C. The van der Waals surface area contributed by atoms with Gasteiger partial charge in [-0.25, -0.2) is 4.79 Å². The number of nitrogens with one attached hydrogen (secondary N) is 1. The van der Waals surface area contributed by atoms with Crippen LogP contribution >= 0.6 is 0 Å². The molecule has 2 bridgehead atoms. The molecule has 2 heterocycles. The van der Waals surface area contributed by atoms with Crippen LogP contribution < -0.4 is 5.32 Å². The summed E-state index contributed by atoms with van der Waals surface area (Å²) >= 11 is 0. The molecule has 5 heteroatoms. The number of carbonyl (C=O) groups excluding carboxylic acids is 1. The molecule has 2 fully saturated rings. The van der Waals surface area contributed by atoms with Crippen LogP contribution in [0.3, 0.4) is 0 Å². The first-order chi connectivity index (χ1) is 11.0. The van der Waals surface area contributed by atoms with Gasteiger partial charge in [0.05, 0.1) is 6.10 Å². The molecular weight excluding hydrogens is 304 g/mol. The van der Waals surface area contributed by atoms with E-state index >= 15 is 0 Å². The van der Waals surface area contributed by atoms with Crippen LogP contribution in [0.2, 0.25) is 0 Å². The van der Waals surface area contributed by atoms with Gasteiger partial charge in [0.15, 0.2) is 0 Å². The van der Waals surface area contributed by atoms with Crippen LogP contribution in [0, 0.1) is 5.41 Å². The monoisotopic (exact) mass is 340 g/mol. The van der Waals surface area contributed by atoms with Crippen molar-refractivity contribution in [3.63, 3.8) is 0 Å². The predicted molar refractivity (Wildman–Crippen MR) is 96.0 cm³/mol. The summed E-state index contributed by atoms with van der Waals surface area (Å²) in [6.45, 7) is 12.9. The van der Waals surface area contributed by atoms with Crippen molar-refractivity contribution in [2.45, 2.75) is 103 Å². The number of rotatable bonds is 5. The third-order valence-electron chi connectivity index (χ3n) is 5.05. The van der Waals surface area contributed by atoms with Crippen molar-refractivity contribution in [2.24, 2.45) is 5.41 Å². The number of aliphatic hydroxyl groups is 1. The Morgan fingerprint density at radius 3 is 2.21 bits per heavy atom. The Bertz CT molecular complexity index is 428. The summed E-state index contributed by atoms with van der Waals surface area (Å²) in [5.74, 6) is 0. The van der Waals surface area contributed by atoms with Crippen LogP contribution in [-0.2, 0) is 4.74 Å². The number of fused-ring (bicyclic) bond motifs is 2. The quantitative estimate of drug-likeness (QED) is 0.806. The Morgan fingerprint density at radius 2 is 1.75 bits per heavy atom. The molecule has 0 saturated carbocycles. The maximum atomic E-state index is 12.5. The highest BCUT2D eigenvalue weighted by Gasteiger charge is 2.44. The van der Waals surface area contributed by atoms with Crippen LogP contribution in [0.5, 0.6) is 0 Å². The Balaban J connectivity index is 1.87. The molecule has 0 aromatic rings. The second kappa shape index (κ2) is 7.20. The second-order valence-electron chi connectivity index (χ2n) is 9.54. The summed E-state index contributed by atoms with van der Waals surface area (Å²) < 4.78 is 5.59. The first-order valence-electron chi connectivity index (χ1n) is 9.39. The molecule has 2 aliphatic heterocycles. The van der Waals surface area contributed by atoms with E-state index in [1.165, 1.54) is 0 Å². The number of hydrogen-bond acceptors (Lipinski definition) is 4. The maximum absolute atomic E-state index is 12.5. The maximum Gasteiger partial charge on any atom is 0.410 e. The fourth-order valence-electron chi connectivity index (χ4n) is 4.25. The minimum absolute atomic E-state index is 0.0789. The van der Waals surface area contributed by atoms with E-state index in [0.717, 1.165) is 38.6 Å². The number of hydrogen-bond donors (Lipinski definition) is 2. The zero-order valence-electron chi connectivity index (χ0n) is 16.3. The molecule has 0 aromatic heterocycles. The number of carbonyl (C=O) groups is 1. The molecule has 0 aliphatic carbocycles. The van der Waals surface area contributed by atoms with Gasteiger partial charge in [-0.3, -0.25) is 0 Å². The lowest BCUT2D eigenvalue weighted by Gasteiger charge is -2.40. The molecule has 0 spiro atoms. The van der Waals surface area contributed by atoms with E-state index in [1.807, 2.05) is 32.6 Å². The molecule has 3 unspecified atom stereocenters. The highest BCUT2D eigenvalue weighted by atomic mass is 16.6. The van der Waals surface area contributed by atoms with Gasteiger partial charge in [-0.2, -0.15) is 0 Å². The first-order valence-corrected chi connectivity index (χ1v) is 9.39. The zero-order valence-corrected chi connectivity index (χ0v) is 16.3. The molecular formula is C19H36N2O3. The van der Waals surface area contributed by atoms with Crippen molar-refractivity contribution in [3.05, 3.63) is 0 Å². The van der Waals surface area contributed by atoms with Crippen molar-refractivity contribution in [1.29, 1.82) is 0 Å². The zero-order chi connectivity index (χ0) is 18.1. The van der Waals surface area contributed by atoms with Crippen LogP contribution in [-0.4, -0.2) is 52.5 Å². The molecule has 0 radical (unpaired) electrons. The van der Waals surface area contributed by atoms with Crippen molar-refractivity contribution in [1.82, 2.24) is 10.2 Å². The number of nitrogens with zero attached hydrogens (tertiary/aromatic N) is 1.